The minimum absolute atomic E-state index is 0.0927. The number of amides is 2. The Kier molecular flexibility index (Phi) is 6.75. The van der Waals surface area contributed by atoms with Crippen LogP contribution >= 0.6 is 39.0 Å². The zero-order valence-corrected chi connectivity index (χ0v) is 19.0. The highest BCUT2D eigenvalue weighted by atomic mass is 79.9. The molecule has 1 N–H and O–H groups in total. The summed E-state index contributed by atoms with van der Waals surface area (Å²) in [5.74, 6) is 1.09. The molecule has 2 amide bonds. The second-order valence-corrected chi connectivity index (χ2v) is 9.34. The van der Waals surface area contributed by atoms with Crippen LogP contribution in [0.15, 0.2) is 48.4 Å². The molecular formula is C18H18BrN5O4S2. The molecule has 158 valence electrons. The number of furan rings is 2. The lowest BCUT2D eigenvalue weighted by atomic mass is 10.3. The van der Waals surface area contributed by atoms with E-state index in [4.69, 9.17) is 8.83 Å². The number of piperazine rings is 1. The number of hydrogen-bond donors (Lipinski definition) is 1. The van der Waals surface area contributed by atoms with Crippen LogP contribution in [-0.2, 0) is 11.3 Å². The number of rotatable bonds is 7. The molecule has 12 heteroatoms. The highest BCUT2D eigenvalue weighted by molar-refractivity contribution is 9.10. The molecule has 0 aliphatic carbocycles. The van der Waals surface area contributed by atoms with Crippen LogP contribution in [0.5, 0.6) is 0 Å². The van der Waals surface area contributed by atoms with Crippen LogP contribution in [0.3, 0.4) is 0 Å². The molecule has 30 heavy (non-hydrogen) atoms. The first-order valence-corrected chi connectivity index (χ1v) is 11.7. The van der Waals surface area contributed by atoms with Crippen molar-refractivity contribution in [1.29, 1.82) is 0 Å². The van der Waals surface area contributed by atoms with Crippen molar-refractivity contribution in [3.05, 3.63) is 46.7 Å². The Balaban J connectivity index is 1.22. The number of nitrogens with zero attached hydrogens (tertiary/aromatic N) is 4. The van der Waals surface area contributed by atoms with Crippen molar-refractivity contribution in [2.45, 2.75) is 10.9 Å². The quantitative estimate of drug-likeness (QED) is 0.482. The summed E-state index contributed by atoms with van der Waals surface area (Å²) < 4.78 is 11.8. The summed E-state index contributed by atoms with van der Waals surface area (Å²) >= 11 is 6.01. The Morgan fingerprint density at radius 2 is 2.03 bits per heavy atom. The molecule has 1 saturated heterocycles. The van der Waals surface area contributed by atoms with Crippen LogP contribution in [0, 0.1) is 0 Å². The van der Waals surface area contributed by atoms with Crippen LogP contribution in [0.1, 0.15) is 16.3 Å². The van der Waals surface area contributed by atoms with Gasteiger partial charge >= 0.3 is 0 Å². The van der Waals surface area contributed by atoms with Gasteiger partial charge in [-0.05, 0) is 40.2 Å². The SMILES string of the molecule is O=C(CSc1nnc(N2CCN(C(=O)c3ccc(Br)o3)CC2)s1)NCc1ccco1. The fourth-order valence-corrected chi connectivity index (χ4v) is 4.88. The zero-order valence-electron chi connectivity index (χ0n) is 15.7. The van der Waals surface area contributed by atoms with Crippen molar-refractivity contribution in [3.8, 4) is 0 Å². The summed E-state index contributed by atoms with van der Waals surface area (Å²) in [6, 6.07) is 6.97. The van der Waals surface area contributed by atoms with E-state index in [0.717, 1.165) is 9.47 Å². The molecule has 1 aliphatic rings. The van der Waals surface area contributed by atoms with Crippen LogP contribution in [0.4, 0.5) is 5.13 Å². The summed E-state index contributed by atoms with van der Waals surface area (Å²) in [4.78, 5) is 28.3. The fraction of sp³-hybridized carbons (Fsp3) is 0.333. The number of thioether (sulfide) groups is 1. The Morgan fingerprint density at radius 3 is 2.73 bits per heavy atom. The highest BCUT2D eigenvalue weighted by Gasteiger charge is 2.26. The molecule has 0 radical (unpaired) electrons. The number of hydrogen-bond acceptors (Lipinski definition) is 9. The second-order valence-electron chi connectivity index (χ2n) is 6.38. The Hall–Kier alpha value is -2.31. The molecule has 0 atom stereocenters. The van der Waals surface area contributed by atoms with E-state index in [1.54, 1.807) is 29.4 Å². The van der Waals surface area contributed by atoms with Gasteiger partial charge in [0.15, 0.2) is 14.8 Å². The monoisotopic (exact) mass is 511 g/mol. The third kappa shape index (κ3) is 5.24. The van der Waals surface area contributed by atoms with E-state index in [-0.39, 0.29) is 17.6 Å². The van der Waals surface area contributed by atoms with Crippen molar-refractivity contribution >= 4 is 56.0 Å². The van der Waals surface area contributed by atoms with Gasteiger partial charge in [-0.2, -0.15) is 0 Å². The molecule has 3 aromatic heterocycles. The minimum atomic E-state index is -0.116. The lowest BCUT2D eigenvalue weighted by Gasteiger charge is -2.33. The number of anilines is 1. The normalized spacial score (nSPS) is 14.2. The van der Waals surface area contributed by atoms with E-state index >= 15 is 0 Å². The maximum Gasteiger partial charge on any atom is 0.289 e. The zero-order chi connectivity index (χ0) is 20.9. The van der Waals surface area contributed by atoms with E-state index in [0.29, 0.717) is 48.9 Å². The summed E-state index contributed by atoms with van der Waals surface area (Å²) in [5.41, 5.74) is 0. The molecule has 0 bridgehead atoms. The molecule has 4 heterocycles. The van der Waals surface area contributed by atoms with Crippen LogP contribution in [0.2, 0.25) is 0 Å². The van der Waals surface area contributed by atoms with Crippen molar-refractivity contribution in [2.24, 2.45) is 0 Å². The molecule has 4 rings (SSSR count). The Morgan fingerprint density at radius 1 is 1.20 bits per heavy atom. The molecule has 3 aromatic rings. The van der Waals surface area contributed by atoms with Crippen LogP contribution in [-0.4, -0.2) is 58.8 Å². The smallest absolute Gasteiger partial charge is 0.289 e. The molecule has 0 aromatic carbocycles. The minimum Gasteiger partial charge on any atom is -0.467 e. The van der Waals surface area contributed by atoms with Gasteiger partial charge in [-0.3, -0.25) is 9.59 Å². The molecular weight excluding hydrogens is 494 g/mol. The van der Waals surface area contributed by atoms with E-state index in [9.17, 15) is 9.59 Å². The number of carbonyl (C=O) groups excluding carboxylic acids is 2. The van der Waals surface area contributed by atoms with E-state index < -0.39 is 0 Å². The summed E-state index contributed by atoms with van der Waals surface area (Å²) in [5, 5.41) is 12.0. The number of carbonyl (C=O) groups is 2. The lowest BCUT2D eigenvalue weighted by Crippen LogP contribution is -2.48. The maximum absolute atomic E-state index is 12.5. The third-order valence-corrected chi connectivity index (χ3v) is 6.93. The van der Waals surface area contributed by atoms with Gasteiger partial charge in [0.25, 0.3) is 5.91 Å². The van der Waals surface area contributed by atoms with Gasteiger partial charge in [0.2, 0.25) is 11.0 Å². The topological polar surface area (TPSA) is 105 Å². The molecule has 1 aliphatic heterocycles. The van der Waals surface area contributed by atoms with Crippen molar-refractivity contribution < 1.29 is 18.4 Å². The van der Waals surface area contributed by atoms with Gasteiger partial charge in [-0.1, -0.05) is 23.1 Å². The van der Waals surface area contributed by atoms with Gasteiger partial charge in [-0.25, -0.2) is 0 Å². The van der Waals surface area contributed by atoms with Crippen LogP contribution in [0.25, 0.3) is 0 Å². The lowest BCUT2D eigenvalue weighted by molar-refractivity contribution is -0.118. The van der Waals surface area contributed by atoms with Crippen LogP contribution < -0.4 is 10.2 Å². The first-order chi connectivity index (χ1) is 14.6. The van der Waals surface area contributed by atoms with Crippen molar-refractivity contribution in [2.75, 3.05) is 36.8 Å². The summed E-state index contributed by atoms with van der Waals surface area (Å²) in [6.45, 7) is 2.85. The van der Waals surface area contributed by atoms with Gasteiger partial charge < -0.3 is 24.0 Å². The first-order valence-electron chi connectivity index (χ1n) is 9.13. The fourth-order valence-electron chi connectivity index (χ4n) is 2.85. The molecule has 0 saturated carbocycles. The Bertz CT molecular complexity index is 998. The largest absolute Gasteiger partial charge is 0.467 e. The molecule has 0 unspecified atom stereocenters. The van der Waals surface area contributed by atoms with E-state index in [1.165, 1.54) is 23.1 Å². The molecule has 0 spiro atoms. The van der Waals surface area contributed by atoms with E-state index in [1.807, 2.05) is 6.07 Å². The first kappa shape index (κ1) is 20.9. The summed E-state index contributed by atoms with van der Waals surface area (Å²) in [6.07, 6.45) is 1.57. The average molecular weight is 512 g/mol. The van der Waals surface area contributed by atoms with Gasteiger partial charge in [0.05, 0.1) is 18.6 Å². The predicted molar refractivity (Wildman–Crippen MR) is 116 cm³/mol. The maximum atomic E-state index is 12.5. The van der Waals surface area contributed by atoms with Gasteiger partial charge in [0, 0.05) is 26.2 Å². The Labute approximate surface area is 188 Å². The van der Waals surface area contributed by atoms with E-state index in [2.05, 4.69) is 36.3 Å². The van der Waals surface area contributed by atoms with Gasteiger partial charge in [-0.15, -0.1) is 10.2 Å². The standard InChI is InChI=1S/C18H18BrN5O4S2/c19-14-4-3-13(28-14)16(26)23-5-7-24(8-6-23)17-21-22-18(30-17)29-11-15(25)20-10-12-2-1-9-27-12/h1-4,9H,5-8,10-11H2,(H,20,25). The van der Waals surface area contributed by atoms with Crippen molar-refractivity contribution in [1.82, 2.24) is 20.4 Å². The highest BCUT2D eigenvalue weighted by Crippen LogP contribution is 2.28. The number of nitrogens with one attached hydrogen (secondary N) is 1. The molecule has 9 nitrogen and oxygen atoms in total. The summed E-state index contributed by atoms with van der Waals surface area (Å²) in [7, 11) is 0. The van der Waals surface area contributed by atoms with Crippen molar-refractivity contribution in [3.63, 3.8) is 0 Å². The predicted octanol–water partition coefficient (Wildman–Crippen LogP) is 2.86. The number of aromatic nitrogens is 2. The second kappa shape index (κ2) is 9.67. The number of halogens is 1. The van der Waals surface area contributed by atoms with Gasteiger partial charge in [0.1, 0.15) is 5.76 Å². The average Bonchev–Trinajstić information content (AvgIpc) is 3.52. The molecule has 1 fully saturated rings. The third-order valence-electron chi connectivity index (χ3n) is 4.38.